The van der Waals surface area contributed by atoms with Crippen molar-refractivity contribution in [2.45, 2.75) is 56.2 Å². The molecule has 2 aliphatic rings. The third kappa shape index (κ3) is 2.92. The average Bonchev–Trinajstić information content (AvgIpc) is 3.22. The topological polar surface area (TPSA) is 69.1 Å². The van der Waals surface area contributed by atoms with Gasteiger partial charge in [0.05, 0.1) is 6.61 Å². The molecular weight excluding hydrogens is 326 g/mol. The highest BCUT2D eigenvalue weighted by molar-refractivity contribution is 7.98. The van der Waals surface area contributed by atoms with Crippen LogP contribution in [0.1, 0.15) is 43.9 Å². The lowest BCUT2D eigenvalue weighted by atomic mass is 10.1. The van der Waals surface area contributed by atoms with E-state index >= 15 is 0 Å². The van der Waals surface area contributed by atoms with Crippen LogP contribution in [0.25, 0.3) is 0 Å². The van der Waals surface area contributed by atoms with Gasteiger partial charge in [0, 0.05) is 29.3 Å². The summed E-state index contributed by atoms with van der Waals surface area (Å²) in [6.07, 6.45) is 3.25. The van der Waals surface area contributed by atoms with Gasteiger partial charge >= 0.3 is 5.69 Å². The van der Waals surface area contributed by atoms with Crippen LogP contribution in [-0.2, 0) is 12.2 Å². The zero-order valence-corrected chi connectivity index (χ0v) is 14.7. The Morgan fingerprint density at radius 2 is 2.29 bits per heavy atom. The standard InChI is InChI=1S/C17H21N3O3S/c1-3-22-14-7-11-6-10(2)23-15(11)8-12(14)9-24-17-19-18-16(21)20(17)13-4-5-13/h7-8,10,13H,3-6,9H2,1-2H3,(H,18,21)/t10-/m0/s1. The number of nitrogens with one attached hydrogen (secondary N) is 1. The molecule has 0 saturated heterocycles. The van der Waals surface area contributed by atoms with Gasteiger partial charge in [0.25, 0.3) is 0 Å². The van der Waals surface area contributed by atoms with Crippen molar-refractivity contribution in [3.63, 3.8) is 0 Å². The minimum Gasteiger partial charge on any atom is -0.494 e. The number of aromatic amines is 1. The van der Waals surface area contributed by atoms with Crippen molar-refractivity contribution in [3.05, 3.63) is 33.7 Å². The number of fused-ring (bicyclic) bond motifs is 1. The minimum absolute atomic E-state index is 0.115. The molecule has 6 nitrogen and oxygen atoms in total. The van der Waals surface area contributed by atoms with Crippen LogP contribution in [0.5, 0.6) is 11.5 Å². The molecular formula is C17H21N3O3S. The first-order chi connectivity index (χ1) is 11.7. The first-order valence-electron chi connectivity index (χ1n) is 8.40. The van der Waals surface area contributed by atoms with Crippen molar-refractivity contribution in [2.24, 2.45) is 0 Å². The molecule has 0 spiro atoms. The molecule has 1 aliphatic heterocycles. The number of aromatic nitrogens is 3. The molecule has 2 aromatic rings. The maximum atomic E-state index is 11.9. The number of benzene rings is 1. The number of hydrogen-bond donors (Lipinski definition) is 1. The maximum Gasteiger partial charge on any atom is 0.344 e. The first-order valence-corrected chi connectivity index (χ1v) is 9.39. The number of nitrogens with zero attached hydrogens (tertiary/aromatic N) is 2. The summed E-state index contributed by atoms with van der Waals surface area (Å²) in [7, 11) is 0. The number of rotatable bonds is 6. The highest BCUT2D eigenvalue weighted by Gasteiger charge is 2.29. The van der Waals surface area contributed by atoms with E-state index in [2.05, 4.69) is 29.3 Å². The van der Waals surface area contributed by atoms with Gasteiger partial charge < -0.3 is 9.47 Å². The molecule has 24 heavy (non-hydrogen) atoms. The van der Waals surface area contributed by atoms with Crippen LogP contribution in [0.3, 0.4) is 0 Å². The summed E-state index contributed by atoms with van der Waals surface area (Å²) in [5.41, 5.74) is 2.16. The molecule has 2 heterocycles. The number of hydrogen-bond acceptors (Lipinski definition) is 5. The van der Waals surface area contributed by atoms with Crippen LogP contribution in [0.2, 0.25) is 0 Å². The summed E-state index contributed by atoms with van der Waals surface area (Å²) in [5.74, 6) is 2.54. The Morgan fingerprint density at radius 1 is 1.46 bits per heavy atom. The fourth-order valence-electron chi connectivity index (χ4n) is 3.07. The van der Waals surface area contributed by atoms with Gasteiger partial charge in [-0.1, -0.05) is 11.8 Å². The van der Waals surface area contributed by atoms with E-state index in [0.717, 1.165) is 41.5 Å². The van der Waals surface area contributed by atoms with Gasteiger partial charge in [-0.2, -0.15) is 0 Å². The second kappa shape index (κ2) is 6.20. The van der Waals surface area contributed by atoms with E-state index in [1.54, 1.807) is 16.3 Å². The molecule has 0 radical (unpaired) electrons. The summed E-state index contributed by atoms with van der Waals surface area (Å²) >= 11 is 1.56. The van der Waals surface area contributed by atoms with Crippen molar-refractivity contribution in [3.8, 4) is 11.5 Å². The Morgan fingerprint density at radius 3 is 3.04 bits per heavy atom. The predicted octanol–water partition coefficient (Wildman–Crippen LogP) is 2.92. The van der Waals surface area contributed by atoms with Crippen molar-refractivity contribution in [1.82, 2.24) is 14.8 Å². The summed E-state index contributed by atoms with van der Waals surface area (Å²) in [5, 5.41) is 7.48. The molecule has 7 heteroatoms. The number of ether oxygens (including phenoxy) is 2. The molecule has 1 fully saturated rings. The van der Waals surface area contributed by atoms with Crippen molar-refractivity contribution in [2.75, 3.05) is 6.61 Å². The average molecular weight is 347 g/mol. The number of H-pyrrole nitrogens is 1. The molecule has 1 N–H and O–H groups in total. The fraction of sp³-hybridized carbons (Fsp3) is 0.529. The van der Waals surface area contributed by atoms with Gasteiger partial charge in [0.15, 0.2) is 5.16 Å². The second-order valence-corrected chi connectivity index (χ2v) is 7.28. The highest BCUT2D eigenvalue weighted by Crippen LogP contribution is 2.39. The first kappa shape index (κ1) is 15.6. The second-order valence-electron chi connectivity index (χ2n) is 6.33. The lowest BCUT2D eigenvalue weighted by Crippen LogP contribution is -2.16. The fourth-order valence-corrected chi connectivity index (χ4v) is 4.06. The molecule has 1 saturated carbocycles. The molecule has 0 amide bonds. The smallest absolute Gasteiger partial charge is 0.344 e. The highest BCUT2D eigenvalue weighted by atomic mass is 32.2. The number of thioether (sulfide) groups is 1. The molecule has 1 aromatic heterocycles. The summed E-state index contributed by atoms with van der Waals surface area (Å²) in [6.45, 7) is 4.69. The Hall–Kier alpha value is -1.89. The normalized spacial score (nSPS) is 19.2. The third-order valence-electron chi connectivity index (χ3n) is 4.32. The molecule has 0 bridgehead atoms. The SMILES string of the molecule is CCOc1cc2c(cc1CSc1n[nH]c(=O)n1C1CC1)O[C@@H](C)C2. The quantitative estimate of drug-likeness (QED) is 0.814. The molecule has 4 rings (SSSR count). The Kier molecular flexibility index (Phi) is 4.04. The van der Waals surface area contributed by atoms with Gasteiger partial charge in [0.1, 0.15) is 17.6 Å². The van der Waals surface area contributed by atoms with Gasteiger partial charge in [-0.3, -0.25) is 4.57 Å². The van der Waals surface area contributed by atoms with Crippen molar-refractivity contribution >= 4 is 11.8 Å². The lowest BCUT2D eigenvalue weighted by Gasteiger charge is -2.12. The van der Waals surface area contributed by atoms with Gasteiger partial charge in [-0.15, -0.1) is 5.10 Å². The zero-order chi connectivity index (χ0) is 16.7. The molecule has 1 atom stereocenters. The van der Waals surface area contributed by atoms with Crippen LogP contribution in [0, 0.1) is 0 Å². The Balaban J connectivity index is 1.58. The third-order valence-corrected chi connectivity index (χ3v) is 5.32. The minimum atomic E-state index is -0.115. The summed E-state index contributed by atoms with van der Waals surface area (Å²) in [6, 6.07) is 4.48. The van der Waals surface area contributed by atoms with Crippen molar-refractivity contribution < 1.29 is 9.47 Å². The van der Waals surface area contributed by atoms with E-state index in [0.29, 0.717) is 18.4 Å². The molecule has 128 valence electrons. The van der Waals surface area contributed by atoms with Crippen LogP contribution in [0.4, 0.5) is 0 Å². The largest absolute Gasteiger partial charge is 0.494 e. The van der Waals surface area contributed by atoms with E-state index in [9.17, 15) is 4.79 Å². The lowest BCUT2D eigenvalue weighted by molar-refractivity contribution is 0.254. The summed E-state index contributed by atoms with van der Waals surface area (Å²) < 4.78 is 13.5. The Bertz CT molecular complexity index is 810. The Labute approximate surface area is 144 Å². The van der Waals surface area contributed by atoms with E-state index in [-0.39, 0.29) is 11.8 Å². The van der Waals surface area contributed by atoms with Crippen LogP contribution in [0.15, 0.2) is 22.1 Å². The van der Waals surface area contributed by atoms with E-state index in [4.69, 9.17) is 9.47 Å². The van der Waals surface area contributed by atoms with Gasteiger partial charge in [0.2, 0.25) is 0 Å². The predicted molar refractivity (Wildman–Crippen MR) is 92.1 cm³/mol. The maximum absolute atomic E-state index is 11.9. The summed E-state index contributed by atoms with van der Waals surface area (Å²) in [4.78, 5) is 11.9. The van der Waals surface area contributed by atoms with E-state index in [1.807, 2.05) is 6.92 Å². The van der Waals surface area contributed by atoms with Crippen LogP contribution < -0.4 is 15.2 Å². The van der Waals surface area contributed by atoms with Gasteiger partial charge in [-0.25, -0.2) is 9.89 Å². The molecule has 1 aliphatic carbocycles. The van der Waals surface area contributed by atoms with Crippen LogP contribution in [-0.4, -0.2) is 27.5 Å². The van der Waals surface area contributed by atoms with E-state index in [1.165, 1.54) is 5.56 Å². The zero-order valence-electron chi connectivity index (χ0n) is 13.9. The van der Waals surface area contributed by atoms with Gasteiger partial charge in [-0.05, 0) is 38.8 Å². The van der Waals surface area contributed by atoms with Crippen molar-refractivity contribution in [1.29, 1.82) is 0 Å². The van der Waals surface area contributed by atoms with E-state index < -0.39 is 0 Å². The molecule has 0 unspecified atom stereocenters. The van der Waals surface area contributed by atoms with Crippen LogP contribution >= 0.6 is 11.8 Å². The molecule has 1 aromatic carbocycles. The monoisotopic (exact) mass is 347 g/mol.